The van der Waals surface area contributed by atoms with Gasteiger partial charge in [-0.05, 0) is 36.1 Å². The van der Waals surface area contributed by atoms with Crippen molar-refractivity contribution in [1.82, 2.24) is 0 Å². The molecule has 2 aromatic rings. The molecule has 1 N–H and O–H groups in total. The number of thioether (sulfide) groups is 1. The standard InChI is InChI=1S/C13H15NOS/c1-2-16-13-7-3-5-11(9-13)14-10-12-6-4-8-15-12/h3-9,14H,2,10H2,1H3. The van der Waals surface area contributed by atoms with Gasteiger partial charge in [-0.1, -0.05) is 13.0 Å². The van der Waals surface area contributed by atoms with Gasteiger partial charge in [-0.25, -0.2) is 0 Å². The zero-order valence-electron chi connectivity index (χ0n) is 9.27. The number of furan rings is 1. The summed E-state index contributed by atoms with van der Waals surface area (Å²) >= 11 is 1.85. The monoisotopic (exact) mass is 233 g/mol. The summed E-state index contributed by atoms with van der Waals surface area (Å²) in [7, 11) is 0. The summed E-state index contributed by atoms with van der Waals surface area (Å²) in [5.41, 5.74) is 1.13. The average Bonchev–Trinajstić information content (AvgIpc) is 2.80. The predicted octanol–water partition coefficient (Wildman–Crippen LogP) is 4.00. The molecule has 0 aliphatic carbocycles. The van der Waals surface area contributed by atoms with Gasteiger partial charge < -0.3 is 9.73 Å². The molecule has 1 aromatic carbocycles. The summed E-state index contributed by atoms with van der Waals surface area (Å²) in [4.78, 5) is 1.30. The highest BCUT2D eigenvalue weighted by molar-refractivity contribution is 7.99. The van der Waals surface area contributed by atoms with Gasteiger partial charge >= 0.3 is 0 Å². The van der Waals surface area contributed by atoms with Crippen molar-refractivity contribution < 1.29 is 4.42 Å². The fraction of sp³-hybridized carbons (Fsp3) is 0.231. The maximum atomic E-state index is 5.27. The van der Waals surface area contributed by atoms with Crippen molar-refractivity contribution in [2.45, 2.75) is 18.4 Å². The SMILES string of the molecule is CCSc1cccc(NCc2ccco2)c1. The third-order valence-electron chi connectivity index (χ3n) is 2.19. The summed E-state index contributed by atoms with van der Waals surface area (Å²) in [6.07, 6.45) is 1.69. The average molecular weight is 233 g/mol. The van der Waals surface area contributed by atoms with Crippen molar-refractivity contribution >= 4 is 17.4 Å². The van der Waals surface area contributed by atoms with Crippen molar-refractivity contribution in [2.75, 3.05) is 11.1 Å². The number of rotatable bonds is 5. The Hall–Kier alpha value is -1.35. The van der Waals surface area contributed by atoms with Gasteiger partial charge in [0.05, 0.1) is 12.8 Å². The highest BCUT2D eigenvalue weighted by Gasteiger charge is 1.97. The number of hydrogen-bond acceptors (Lipinski definition) is 3. The van der Waals surface area contributed by atoms with Crippen LogP contribution in [-0.4, -0.2) is 5.75 Å². The Morgan fingerprint density at radius 3 is 2.94 bits per heavy atom. The van der Waals surface area contributed by atoms with E-state index in [0.717, 1.165) is 23.7 Å². The molecule has 0 saturated heterocycles. The van der Waals surface area contributed by atoms with Gasteiger partial charge in [0.15, 0.2) is 0 Å². The van der Waals surface area contributed by atoms with Gasteiger partial charge in [0, 0.05) is 10.6 Å². The molecule has 0 unspecified atom stereocenters. The second-order valence-electron chi connectivity index (χ2n) is 3.39. The molecule has 0 radical (unpaired) electrons. The molecule has 2 nitrogen and oxygen atoms in total. The zero-order valence-corrected chi connectivity index (χ0v) is 10.1. The number of anilines is 1. The molecule has 3 heteroatoms. The number of benzene rings is 1. The topological polar surface area (TPSA) is 25.2 Å². The molecule has 0 aliphatic heterocycles. The van der Waals surface area contributed by atoms with E-state index in [1.54, 1.807) is 6.26 Å². The molecule has 0 spiro atoms. The van der Waals surface area contributed by atoms with Gasteiger partial charge in [0.2, 0.25) is 0 Å². The van der Waals surface area contributed by atoms with Crippen LogP contribution >= 0.6 is 11.8 Å². The maximum Gasteiger partial charge on any atom is 0.122 e. The van der Waals surface area contributed by atoms with E-state index in [-0.39, 0.29) is 0 Å². The number of nitrogens with one attached hydrogen (secondary N) is 1. The van der Waals surface area contributed by atoms with Crippen LogP contribution in [0.5, 0.6) is 0 Å². The lowest BCUT2D eigenvalue weighted by atomic mass is 10.3. The molecule has 84 valence electrons. The van der Waals surface area contributed by atoms with E-state index >= 15 is 0 Å². The van der Waals surface area contributed by atoms with Crippen molar-refractivity contribution in [2.24, 2.45) is 0 Å². The van der Waals surface area contributed by atoms with Crippen molar-refractivity contribution in [3.63, 3.8) is 0 Å². The first-order chi connectivity index (χ1) is 7.88. The maximum absolute atomic E-state index is 5.27. The molecule has 1 aromatic heterocycles. The van der Waals surface area contributed by atoms with Gasteiger partial charge in [0.1, 0.15) is 5.76 Å². The minimum Gasteiger partial charge on any atom is -0.467 e. The Morgan fingerprint density at radius 2 is 2.19 bits per heavy atom. The molecular formula is C13H15NOS. The van der Waals surface area contributed by atoms with Crippen LogP contribution in [0.25, 0.3) is 0 Å². The Bertz CT molecular complexity index is 425. The van der Waals surface area contributed by atoms with Crippen LogP contribution in [0.3, 0.4) is 0 Å². The van der Waals surface area contributed by atoms with E-state index in [1.165, 1.54) is 4.90 Å². The quantitative estimate of drug-likeness (QED) is 0.790. The van der Waals surface area contributed by atoms with E-state index < -0.39 is 0 Å². The molecule has 1 heterocycles. The smallest absolute Gasteiger partial charge is 0.122 e. The van der Waals surface area contributed by atoms with Crippen LogP contribution in [0.1, 0.15) is 12.7 Å². The first-order valence-electron chi connectivity index (χ1n) is 5.37. The van der Waals surface area contributed by atoms with E-state index in [2.05, 4.69) is 36.5 Å². The molecule has 0 saturated carbocycles. The van der Waals surface area contributed by atoms with Gasteiger partial charge in [-0.15, -0.1) is 11.8 Å². The zero-order chi connectivity index (χ0) is 11.2. The van der Waals surface area contributed by atoms with Gasteiger partial charge in [0.25, 0.3) is 0 Å². The first kappa shape index (κ1) is 11.1. The third-order valence-corrected chi connectivity index (χ3v) is 3.07. The van der Waals surface area contributed by atoms with Crippen LogP contribution in [0, 0.1) is 0 Å². The summed E-state index contributed by atoms with van der Waals surface area (Å²) in [6, 6.07) is 12.3. The minimum absolute atomic E-state index is 0.729. The van der Waals surface area contributed by atoms with Gasteiger partial charge in [-0.2, -0.15) is 0 Å². The lowest BCUT2D eigenvalue weighted by Crippen LogP contribution is -1.97. The summed E-state index contributed by atoms with van der Waals surface area (Å²) < 4.78 is 5.27. The third kappa shape index (κ3) is 3.07. The van der Waals surface area contributed by atoms with E-state index in [1.807, 2.05) is 23.9 Å². The Labute approximate surface area is 100 Å². The van der Waals surface area contributed by atoms with E-state index in [0.29, 0.717) is 0 Å². The van der Waals surface area contributed by atoms with E-state index in [9.17, 15) is 0 Å². The molecular weight excluding hydrogens is 218 g/mol. The molecule has 0 aliphatic rings. The lowest BCUT2D eigenvalue weighted by molar-refractivity contribution is 0.518. The molecule has 0 amide bonds. The Morgan fingerprint density at radius 1 is 1.25 bits per heavy atom. The first-order valence-corrected chi connectivity index (χ1v) is 6.36. The number of hydrogen-bond donors (Lipinski definition) is 1. The minimum atomic E-state index is 0.729. The summed E-state index contributed by atoms with van der Waals surface area (Å²) in [5, 5.41) is 3.34. The molecule has 0 atom stereocenters. The van der Waals surface area contributed by atoms with Crippen LogP contribution in [-0.2, 0) is 6.54 Å². The molecule has 2 rings (SSSR count). The van der Waals surface area contributed by atoms with Crippen LogP contribution in [0.2, 0.25) is 0 Å². The van der Waals surface area contributed by atoms with Crippen molar-refractivity contribution in [1.29, 1.82) is 0 Å². The highest BCUT2D eigenvalue weighted by Crippen LogP contribution is 2.21. The summed E-state index contributed by atoms with van der Waals surface area (Å²) in [5.74, 6) is 2.05. The predicted molar refractivity (Wildman–Crippen MR) is 68.9 cm³/mol. The fourth-order valence-corrected chi connectivity index (χ4v) is 2.18. The Kier molecular flexibility index (Phi) is 3.94. The lowest BCUT2D eigenvalue weighted by Gasteiger charge is -2.06. The van der Waals surface area contributed by atoms with Gasteiger partial charge in [-0.3, -0.25) is 0 Å². The van der Waals surface area contributed by atoms with Crippen LogP contribution < -0.4 is 5.32 Å². The Balaban J connectivity index is 1.96. The van der Waals surface area contributed by atoms with Crippen LogP contribution in [0.4, 0.5) is 5.69 Å². The summed E-state index contributed by atoms with van der Waals surface area (Å²) in [6.45, 7) is 2.89. The van der Waals surface area contributed by atoms with Crippen molar-refractivity contribution in [3.05, 3.63) is 48.4 Å². The molecule has 0 fully saturated rings. The molecule has 16 heavy (non-hydrogen) atoms. The second kappa shape index (κ2) is 5.66. The van der Waals surface area contributed by atoms with E-state index in [4.69, 9.17) is 4.42 Å². The normalized spacial score (nSPS) is 10.3. The van der Waals surface area contributed by atoms with Crippen molar-refractivity contribution in [3.8, 4) is 0 Å². The second-order valence-corrected chi connectivity index (χ2v) is 4.73. The fourth-order valence-electron chi connectivity index (χ4n) is 1.46. The van der Waals surface area contributed by atoms with Crippen LogP contribution in [0.15, 0.2) is 52.0 Å². The highest BCUT2D eigenvalue weighted by atomic mass is 32.2. The largest absolute Gasteiger partial charge is 0.467 e. The molecule has 0 bridgehead atoms.